The number of anilines is 2. The van der Waals surface area contributed by atoms with Crippen LogP contribution >= 0.6 is 11.8 Å². The van der Waals surface area contributed by atoms with E-state index >= 15 is 0 Å². The number of hydrogen-bond acceptors (Lipinski definition) is 8. The lowest BCUT2D eigenvalue weighted by molar-refractivity contribution is 0.286. The third-order valence-electron chi connectivity index (χ3n) is 4.73. The number of rotatable bonds is 3. The molecular weight excluding hydrogens is 324 g/mol. The van der Waals surface area contributed by atoms with Gasteiger partial charge in [0.25, 0.3) is 0 Å². The van der Waals surface area contributed by atoms with Crippen molar-refractivity contribution < 1.29 is 0 Å². The third-order valence-corrected chi connectivity index (χ3v) is 5.29. The first-order valence-corrected chi connectivity index (χ1v) is 9.12. The van der Waals surface area contributed by atoms with Crippen molar-refractivity contribution in [3.05, 3.63) is 30.7 Å². The first-order chi connectivity index (χ1) is 11.8. The van der Waals surface area contributed by atoms with Crippen molar-refractivity contribution in [1.29, 1.82) is 0 Å². The van der Waals surface area contributed by atoms with Crippen LogP contribution in [0.25, 0.3) is 5.65 Å². The number of nitrogens with zero attached hydrogens (tertiary/aromatic N) is 8. The van der Waals surface area contributed by atoms with Crippen LogP contribution in [0.2, 0.25) is 0 Å². The molecular formula is C15H16N8S. The molecule has 0 amide bonds. The summed E-state index contributed by atoms with van der Waals surface area (Å²) in [4.78, 5) is 13.6. The molecule has 24 heavy (non-hydrogen) atoms. The van der Waals surface area contributed by atoms with Gasteiger partial charge in [-0.1, -0.05) is 11.8 Å². The van der Waals surface area contributed by atoms with Crippen molar-refractivity contribution in [3.8, 4) is 0 Å². The monoisotopic (exact) mass is 340 g/mol. The smallest absolute Gasteiger partial charge is 0.189 e. The topological polar surface area (TPSA) is 75.3 Å². The summed E-state index contributed by atoms with van der Waals surface area (Å²) in [6, 6.07) is 6.94. The summed E-state index contributed by atoms with van der Waals surface area (Å²) < 4.78 is 1.73. The van der Waals surface area contributed by atoms with E-state index in [4.69, 9.17) is 0 Å². The van der Waals surface area contributed by atoms with Gasteiger partial charge in [0.2, 0.25) is 0 Å². The Bertz CT molecular complexity index is 884. The van der Waals surface area contributed by atoms with E-state index in [1.807, 2.05) is 30.7 Å². The Labute approximate surface area is 142 Å². The Hall–Kier alpha value is -2.42. The van der Waals surface area contributed by atoms with E-state index in [1.165, 1.54) is 6.42 Å². The summed E-state index contributed by atoms with van der Waals surface area (Å²) in [7, 11) is 0. The number of piperazine rings is 1. The summed E-state index contributed by atoms with van der Waals surface area (Å²) in [6.07, 6.45) is 6.69. The minimum absolute atomic E-state index is 0.470. The van der Waals surface area contributed by atoms with Gasteiger partial charge in [-0.15, -0.1) is 15.3 Å². The van der Waals surface area contributed by atoms with Gasteiger partial charge in [-0.2, -0.15) is 4.52 Å². The summed E-state index contributed by atoms with van der Waals surface area (Å²) in [6.45, 7) is 1.92. The molecule has 0 aliphatic carbocycles. The fraction of sp³-hybridized carbons (Fsp3) is 0.400. The molecule has 6 heterocycles. The summed E-state index contributed by atoms with van der Waals surface area (Å²) in [5, 5.41) is 13.4. The SMILES string of the molecule is CSc1nccc(N2CC3CC(C2)N3c2ccc3nncn3n2)n1. The average Bonchev–Trinajstić information content (AvgIpc) is 3.09. The highest BCUT2D eigenvalue weighted by Crippen LogP contribution is 2.37. The number of hydrogen-bond donors (Lipinski definition) is 0. The first kappa shape index (κ1) is 14.0. The van der Waals surface area contributed by atoms with Crippen molar-refractivity contribution in [1.82, 2.24) is 29.8 Å². The summed E-state index contributed by atoms with van der Waals surface area (Å²) in [5.41, 5.74) is 0.775. The van der Waals surface area contributed by atoms with E-state index in [0.29, 0.717) is 12.1 Å². The van der Waals surface area contributed by atoms with Crippen LogP contribution in [0, 0.1) is 0 Å². The van der Waals surface area contributed by atoms with Gasteiger partial charge in [0.1, 0.15) is 18.0 Å². The second kappa shape index (κ2) is 5.30. The van der Waals surface area contributed by atoms with E-state index < -0.39 is 0 Å². The number of fused-ring (bicyclic) bond motifs is 3. The van der Waals surface area contributed by atoms with E-state index in [1.54, 1.807) is 22.6 Å². The van der Waals surface area contributed by atoms with Crippen LogP contribution < -0.4 is 9.80 Å². The van der Waals surface area contributed by atoms with Crippen molar-refractivity contribution in [2.75, 3.05) is 29.1 Å². The van der Waals surface area contributed by atoms with E-state index in [2.05, 4.69) is 35.1 Å². The molecule has 2 atom stereocenters. The molecule has 3 saturated heterocycles. The van der Waals surface area contributed by atoms with Crippen LogP contribution in [0.3, 0.4) is 0 Å². The quantitative estimate of drug-likeness (QED) is 0.518. The first-order valence-electron chi connectivity index (χ1n) is 7.89. The maximum Gasteiger partial charge on any atom is 0.189 e. The molecule has 3 aliphatic heterocycles. The summed E-state index contributed by atoms with van der Waals surface area (Å²) in [5.74, 6) is 2.02. The molecule has 0 N–H and O–H groups in total. The maximum absolute atomic E-state index is 4.63. The second-order valence-electron chi connectivity index (χ2n) is 6.08. The van der Waals surface area contributed by atoms with Gasteiger partial charge in [-0.05, 0) is 30.9 Å². The molecule has 3 fully saturated rings. The Kier molecular flexibility index (Phi) is 3.09. The standard InChI is InChI=1S/C15H16N8S/c1-24-15-16-5-4-12(18-15)21-7-10-6-11(8-21)23(10)14-3-2-13-19-17-9-22(13)20-14/h2-5,9-11H,6-8H2,1H3. The van der Waals surface area contributed by atoms with Crippen LogP contribution in [-0.2, 0) is 0 Å². The zero-order valence-electron chi connectivity index (χ0n) is 13.1. The van der Waals surface area contributed by atoms with E-state index in [-0.39, 0.29) is 0 Å². The normalized spacial score (nSPS) is 22.7. The molecule has 8 nitrogen and oxygen atoms in total. The lowest BCUT2D eigenvalue weighted by Gasteiger charge is -2.57. The molecule has 9 heteroatoms. The van der Waals surface area contributed by atoms with E-state index in [0.717, 1.165) is 35.5 Å². The van der Waals surface area contributed by atoms with Crippen molar-refractivity contribution >= 4 is 29.0 Å². The molecule has 3 aliphatic rings. The van der Waals surface area contributed by atoms with Crippen LogP contribution in [-0.4, -0.2) is 61.2 Å². The lowest BCUT2D eigenvalue weighted by Crippen LogP contribution is -2.69. The van der Waals surface area contributed by atoms with Gasteiger partial charge in [-0.3, -0.25) is 0 Å². The Morgan fingerprint density at radius 1 is 1.12 bits per heavy atom. The second-order valence-corrected chi connectivity index (χ2v) is 6.86. The molecule has 2 unspecified atom stereocenters. The molecule has 0 aromatic carbocycles. The predicted molar refractivity (Wildman–Crippen MR) is 91.5 cm³/mol. The molecule has 3 aromatic heterocycles. The third kappa shape index (κ3) is 2.11. The van der Waals surface area contributed by atoms with Gasteiger partial charge < -0.3 is 9.80 Å². The number of thioether (sulfide) groups is 1. The molecule has 3 aromatic rings. The van der Waals surface area contributed by atoms with Crippen LogP contribution in [0.15, 0.2) is 35.9 Å². The zero-order chi connectivity index (χ0) is 16.1. The molecule has 6 rings (SSSR count). The van der Waals surface area contributed by atoms with Gasteiger partial charge in [0.15, 0.2) is 10.8 Å². The minimum Gasteiger partial charge on any atom is -0.352 e. The minimum atomic E-state index is 0.470. The Morgan fingerprint density at radius 3 is 2.83 bits per heavy atom. The van der Waals surface area contributed by atoms with Crippen LogP contribution in [0.4, 0.5) is 11.6 Å². The Morgan fingerprint density at radius 2 is 2.00 bits per heavy atom. The molecule has 122 valence electrons. The van der Waals surface area contributed by atoms with Crippen molar-refractivity contribution in [2.45, 2.75) is 23.7 Å². The predicted octanol–water partition coefficient (Wildman–Crippen LogP) is 1.10. The number of aromatic nitrogens is 6. The van der Waals surface area contributed by atoms with Gasteiger partial charge in [0.05, 0.1) is 12.1 Å². The zero-order valence-corrected chi connectivity index (χ0v) is 14.0. The average molecular weight is 340 g/mol. The maximum atomic E-state index is 4.63. The van der Waals surface area contributed by atoms with Crippen LogP contribution in [0.1, 0.15) is 6.42 Å². The molecule has 0 saturated carbocycles. The van der Waals surface area contributed by atoms with E-state index in [9.17, 15) is 0 Å². The molecule has 2 bridgehead atoms. The lowest BCUT2D eigenvalue weighted by atomic mass is 9.87. The highest BCUT2D eigenvalue weighted by atomic mass is 32.2. The number of piperidine rings is 1. The highest BCUT2D eigenvalue weighted by Gasteiger charge is 2.45. The highest BCUT2D eigenvalue weighted by molar-refractivity contribution is 7.98. The summed E-state index contributed by atoms with van der Waals surface area (Å²) >= 11 is 1.57. The fourth-order valence-corrected chi connectivity index (χ4v) is 3.98. The van der Waals surface area contributed by atoms with Crippen LogP contribution in [0.5, 0.6) is 0 Å². The van der Waals surface area contributed by atoms with Gasteiger partial charge >= 0.3 is 0 Å². The van der Waals surface area contributed by atoms with Crippen molar-refractivity contribution in [2.24, 2.45) is 0 Å². The molecule has 0 radical (unpaired) electrons. The molecule has 0 spiro atoms. The Balaban J connectivity index is 1.38. The van der Waals surface area contributed by atoms with Gasteiger partial charge in [-0.25, -0.2) is 9.97 Å². The van der Waals surface area contributed by atoms with Crippen molar-refractivity contribution in [3.63, 3.8) is 0 Å². The van der Waals surface area contributed by atoms with Gasteiger partial charge in [0, 0.05) is 19.3 Å². The fourth-order valence-electron chi connectivity index (χ4n) is 3.63. The largest absolute Gasteiger partial charge is 0.352 e.